The third-order valence-corrected chi connectivity index (χ3v) is 1.83. The molecule has 76 valence electrons. The molecule has 5 heteroatoms. The van der Waals surface area contributed by atoms with Crippen molar-refractivity contribution in [3.63, 3.8) is 0 Å². The number of amides is 2. The van der Waals surface area contributed by atoms with E-state index in [1.54, 1.807) is 0 Å². The van der Waals surface area contributed by atoms with E-state index in [1.165, 1.54) is 24.3 Å². The Hall–Kier alpha value is -2.35. The Balaban J connectivity index is 3.02. The summed E-state index contributed by atoms with van der Waals surface area (Å²) in [6.07, 6.45) is -1.33. The van der Waals surface area contributed by atoms with E-state index in [0.29, 0.717) is 10.5 Å². The molecule has 2 amide bonds. The van der Waals surface area contributed by atoms with Gasteiger partial charge in [-0.05, 0) is 18.2 Å². The molecule has 0 bridgehead atoms. The second kappa shape index (κ2) is 4.24. The maximum Gasteiger partial charge on any atom is 0.414 e. The molecule has 0 aromatic heterocycles. The minimum atomic E-state index is -1.33. The summed E-state index contributed by atoms with van der Waals surface area (Å²) < 4.78 is 0. The summed E-state index contributed by atoms with van der Waals surface area (Å²) >= 11 is 0. The lowest BCUT2D eigenvalue weighted by molar-refractivity contribution is 0.0781. The molecule has 0 atom stereocenters. The normalized spacial score (nSPS) is 9.07. The van der Waals surface area contributed by atoms with E-state index in [2.05, 4.69) is 0 Å². The highest BCUT2D eigenvalue weighted by atomic mass is 16.4. The van der Waals surface area contributed by atoms with Gasteiger partial charge in [0.25, 0.3) is 5.91 Å². The van der Waals surface area contributed by atoms with Gasteiger partial charge in [0.2, 0.25) is 0 Å². The number of hydrogen-bond acceptors (Lipinski definition) is 3. The van der Waals surface area contributed by atoms with Gasteiger partial charge in [0.1, 0.15) is 0 Å². The van der Waals surface area contributed by atoms with Gasteiger partial charge in [0.05, 0.1) is 11.6 Å². The van der Waals surface area contributed by atoms with Crippen LogP contribution < -0.4 is 0 Å². The van der Waals surface area contributed by atoms with Crippen LogP contribution in [0.15, 0.2) is 24.3 Å². The van der Waals surface area contributed by atoms with Gasteiger partial charge < -0.3 is 5.11 Å². The van der Waals surface area contributed by atoms with Crippen molar-refractivity contribution in [2.45, 2.75) is 0 Å². The predicted molar refractivity (Wildman–Crippen MR) is 51.3 cm³/mol. The van der Waals surface area contributed by atoms with Crippen LogP contribution in [0.2, 0.25) is 0 Å². The Morgan fingerprint density at radius 1 is 1.47 bits per heavy atom. The van der Waals surface area contributed by atoms with Crippen LogP contribution in [0, 0.1) is 11.3 Å². The predicted octanol–water partition coefficient (Wildman–Crippen LogP) is 1.31. The molecule has 0 spiro atoms. The molecule has 1 aromatic carbocycles. The third kappa shape index (κ3) is 2.31. The average molecular weight is 204 g/mol. The molecular formula is C10H8N2O3. The van der Waals surface area contributed by atoms with Gasteiger partial charge in [0.15, 0.2) is 0 Å². The molecule has 0 saturated heterocycles. The van der Waals surface area contributed by atoms with E-state index >= 15 is 0 Å². The molecule has 0 fully saturated rings. The first-order chi connectivity index (χ1) is 7.06. The van der Waals surface area contributed by atoms with Crippen molar-refractivity contribution in [3.8, 4) is 6.07 Å². The molecule has 5 nitrogen and oxygen atoms in total. The largest absolute Gasteiger partial charge is 0.465 e. The van der Waals surface area contributed by atoms with Crippen LogP contribution in [0.5, 0.6) is 0 Å². The highest BCUT2D eigenvalue weighted by Crippen LogP contribution is 2.06. The lowest BCUT2D eigenvalue weighted by atomic mass is 10.1. The van der Waals surface area contributed by atoms with Crippen molar-refractivity contribution >= 4 is 12.0 Å². The fourth-order valence-electron chi connectivity index (χ4n) is 1.00. The first kappa shape index (κ1) is 10.7. The third-order valence-electron chi connectivity index (χ3n) is 1.83. The number of carbonyl (C=O) groups is 2. The number of hydrogen-bond donors (Lipinski definition) is 1. The molecule has 0 radical (unpaired) electrons. The lowest BCUT2D eigenvalue weighted by Gasteiger charge is -2.10. The number of imide groups is 1. The Labute approximate surface area is 86.2 Å². The van der Waals surface area contributed by atoms with E-state index in [1.807, 2.05) is 6.07 Å². The topological polar surface area (TPSA) is 81.4 Å². The van der Waals surface area contributed by atoms with Crippen LogP contribution in [0.25, 0.3) is 0 Å². The molecule has 0 saturated carbocycles. The highest BCUT2D eigenvalue weighted by molar-refractivity contribution is 6.02. The van der Waals surface area contributed by atoms with Crippen LogP contribution in [0.1, 0.15) is 15.9 Å². The Bertz CT molecular complexity index is 448. The van der Waals surface area contributed by atoms with Gasteiger partial charge in [-0.1, -0.05) is 6.07 Å². The van der Waals surface area contributed by atoms with Gasteiger partial charge in [-0.2, -0.15) is 5.26 Å². The molecule has 15 heavy (non-hydrogen) atoms. The molecular weight excluding hydrogens is 196 g/mol. The molecule has 0 aliphatic carbocycles. The SMILES string of the molecule is CN(C(=O)O)C(=O)c1cccc(C#N)c1. The first-order valence-corrected chi connectivity index (χ1v) is 4.07. The molecule has 1 N–H and O–H groups in total. The Kier molecular flexibility index (Phi) is 3.03. The maximum atomic E-state index is 11.5. The summed E-state index contributed by atoms with van der Waals surface area (Å²) in [7, 11) is 1.16. The van der Waals surface area contributed by atoms with Gasteiger partial charge in [0, 0.05) is 12.6 Å². The van der Waals surface area contributed by atoms with Gasteiger partial charge >= 0.3 is 6.09 Å². The average Bonchev–Trinajstić information content (AvgIpc) is 2.27. The smallest absolute Gasteiger partial charge is 0.414 e. The fraction of sp³-hybridized carbons (Fsp3) is 0.100. The van der Waals surface area contributed by atoms with Crippen LogP contribution >= 0.6 is 0 Å². The summed E-state index contributed by atoms with van der Waals surface area (Å²) in [5, 5.41) is 17.2. The van der Waals surface area contributed by atoms with Crippen molar-refractivity contribution in [3.05, 3.63) is 35.4 Å². The van der Waals surface area contributed by atoms with Crippen LogP contribution in [-0.4, -0.2) is 29.1 Å². The standard InChI is InChI=1S/C10H8N2O3/c1-12(10(14)15)9(13)8-4-2-3-7(5-8)6-11/h2-5H,1H3,(H,14,15). The molecule has 0 aliphatic rings. The number of carboxylic acid groups (broad SMARTS) is 1. The fourth-order valence-corrected chi connectivity index (χ4v) is 1.00. The monoisotopic (exact) mass is 204 g/mol. The summed E-state index contributed by atoms with van der Waals surface area (Å²) in [6.45, 7) is 0. The summed E-state index contributed by atoms with van der Waals surface area (Å²) in [5.74, 6) is -0.653. The van der Waals surface area contributed by atoms with E-state index in [4.69, 9.17) is 10.4 Å². The van der Waals surface area contributed by atoms with Crippen molar-refractivity contribution in [1.82, 2.24) is 4.90 Å². The van der Waals surface area contributed by atoms with Crippen molar-refractivity contribution in [2.75, 3.05) is 7.05 Å². The lowest BCUT2D eigenvalue weighted by Crippen LogP contribution is -2.31. The molecule has 0 heterocycles. The molecule has 1 rings (SSSR count). The maximum absolute atomic E-state index is 11.5. The zero-order valence-corrected chi connectivity index (χ0v) is 7.97. The Morgan fingerprint density at radius 2 is 2.13 bits per heavy atom. The minimum absolute atomic E-state index is 0.180. The first-order valence-electron chi connectivity index (χ1n) is 4.07. The number of carbonyl (C=O) groups excluding carboxylic acids is 1. The second-order valence-corrected chi connectivity index (χ2v) is 2.84. The molecule has 0 aliphatic heterocycles. The summed E-state index contributed by atoms with van der Waals surface area (Å²) in [5.41, 5.74) is 0.499. The Morgan fingerprint density at radius 3 is 2.67 bits per heavy atom. The van der Waals surface area contributed by atoms with Gasteiger partial charge in [-0.25, -0.2) is 9.69 Å². The number of rotatable bonds is 1. The van der Waals surface area contributed by atoms with E-state index in [9.17, 15) is 9.59 Å². The summed E-state index contributed by atoms with van der Waals surface area (Å²) in [4.78, 5) is 22.6. The van der Waals surface area contributed by atoms with Crippen LogP contribution in [-0.2, 0) is 0 Å². The van der Waals surface area contributed by atoms with Crippen molar-refractivity contribution in [2.24, 2.45) is 0 Å². The minimum Gasteiger partial charge on any atom is -0.465 e. The zero-order valence-electron chi connectivity index (χ0n) is 7.97. The van der Waals surface area contributed by atoms with Crippen molar-refractivity contribution in [1.29, 1.82) is 5.26 Å². The van der Waals surface area contributed by atoms with E-state index < -0.39 is 12.0 Å². The van der Waals surface area contributed by atoms with Crippen LogP contribution in [0.3, 0.4) is 0 Å². The van der Waals surface area contributed by atoms with E-state index in [0.717, 1.165) is 7.05 Å². The number of nitrogens with zero attached hydrogens (tertiary/aromatic N) is 2. The van der Waals surface area contributed by atoms with E-state index in [-0.39, 0.29) is 5.56 Å². The highest BCUT2D eigenvalue weighted by Gasteiger charge is 2.17. The number of benzene rings is 1. The number of nitriles is 1. The molecule has 1 aromatic rings. The zero-order chi connectivity index (χ0) is 11.4. The quantitative estimate of drug-likeness (QED) is 0.747. The van der Waals surface area contributed by atoms with Crippen molar-refractivity contribution < 1.29 is 14.7 Å². The van der Waals surface area contributed by atoms with Gasteiger partial charge in [-0.15, -0.1) is 0 Å². The summed E-state index contributed by atoms with van der Waals surface area (Å²) in [6, 6.07) is 7.75. The van der Waals surface area contributed by atoms with Crippen LogP contribution in [0.4, 0.5) is 4.79 Å². The molecule has 0 unspecified atom stereocenters. The van der Waals surface area contributed by atoms with Gasteiger partial charge in [-0.3, -0.25) is 4.79 Å². The second-order valence-electron chi connectivity index (χ2n) is 2.84.